The minimum absolute atomic E-state index is 0.335. The molecule has 0 radical (unpaired) electrons. The van der Waals surface area contributed by atoms with Crippen molar-refractivity contribution in [3.8, 4) is 0 Å². The summed E-state index contributed by atoms with van der Waals surface area (Å²) in [4.78, 5) is 0. The van der Waals surface area contributed by atoms with E-state index in [1.54, 1.807) is 0 Å². The largest absolute Gasteiger partial charge is 0.361 e. The van der Waals surface area contributed by atoms with Gasteiger partial charge in [-0.15, -0.1) is 0 Å². The third-order valence-corrected chi connectivity index (χ3v) is 4.96. The van der Waals surface area contributed by atoms with E-state index in [-0.39, 0.29) is 0 Å². The molecular weight excluding hydrogens is 248 g/mol. The molecule has 0 amide bonds. The number of aromatic nitrogens is 1. The van der Waals surface area contributed by atoms with Crippen molar-refractivity contribution in [1.82, 2.24) is 10.5 Å². The Labute approximate surface area is 123 Å². The molecule has 3 unspecified atom stereocenters. The standard InChI is InChI=1S/C17H30N2O/c1-11(2)15-7-6-8-16(10-9-15)18-12(3)17-13(4)19-20-14(17)5/h11-12,15-16,18H,6-10H2,1-5H3. The van der Waals surface area contributed by atoms with Gasteiger partial charge in [0.2, 0.25) is 0 Å². The second-order valence-electron chi connectivity index (χ2n) is 6.84. The average Bonchev–Trinajstić information content (AvgIpc) is 2.61. The molecule has 1 saturated carbocycles. The van der Waals surface area contributed by atoms with Crippen molar-refractivity contribution >= 4 is 0 Å². The van der Waals surface area contributed by atoms with Crippen molar-refractivity contribution in [2.24, 2.45) is 11.8 Å². The van der Waals surface area contributed by atoms with Crippen LogP contribution in [0.4, 0.5) is 0 Å². The molecule has 0 saturated heterocycles. The highest BCUT2D eigenvalue weighted by Crippen LogP contribution is 2.30. The number of nitrogens with one attached hydrogen (secondary N) is 1. The van der Waals surface area contributed by atoms with E-state index in [0.29, 0.717) is 12.1 Å². The van der Waals surface area contributed by atoms with Crippen LogP contribution in [-0.4, -0.2) is 11.2 Å². The SMILES string of the molecule is Cc1noc(C)c1C(C)NC1CCCC(C(C)C)CC1. The summed E-state index contributed by atoms with van der Waals surface area (Å²) in [7, 11) is 0. The molecule has 1 heterocycles. The topological polar surface area (TPSA) is 38.1 Å². The van der Waals surface area contributed by atoms with Crippen molar-refractivity contribution in [3.05, 3.63) is 17.0 Å². The average molecular weight is 278 g/mol. The molecule has 0 spiro atoms. The molecule has 3 atom stereocenters. The van der Waals surface area contributed by atoms with Crippen LogP contribution in [0.3, 0.4) is 0 Å². The summed E-state index contributed by atoms with van der Waals surface area (Å²) in [6, 6.07) is 0.976. The first-order valence-electron chi connectivity index (χ1n) is 8.17. The van der Waals surface area contributed by atoms with Crippen molar-refractivity contribution in [3.63, 3.8) is 0 Å². The molecular formula is C17H30N2O. The highest BCUT2D eigenvalue weighted by atomic mass is 16.5. The van der Waals surface area contributed by atoms with Gasteiger partial charge in [0.15, 0.2) is 0 Å². The normalized spacial score (nSPS) is 25.7. The van der Waals surface area contributed by atoms with Gasteiger partial charge in [-0.2, -0.15) is 0 Å². The molecule has 1 aromatic rings. The van der Waals surface area contributed by atoms with Gasteiger partial charge in [0.25, 0.3) is 0 Å². The fourth-order valence-electron chi connectivity index (χ4n) is 3.71. The monoisotopic (exact) mass is 278 g/mol. The summed E-state index contributed by atoms with van der Waals surface area (Å²) in [5.41, 5.74) is 2.27. The molecule has 1 aliphatic carbocycles. The van der Waals surface area contributed by atoms with Gasteiger partial charge in [0.05, 0.1) is 5.69 Å². The Morgan fingerprint density at radius 1 is 1.10 bits per heavy atom. The highest BCUT2D eigenvalue weighted by Gasteiger charge is 2.24. The number of aryl methyl sites for hydroxylation is 2. The van der Waals surface area contributed by atoms with Crippen molar-refractivity contribution in [1.29, 1.82) is 0 Å². The molecule has 0 aliphatic heterocycles. The van der Waals surface area contributed by atoms with E-state index < -0.39 is 0 Å². The van der Waals surface area contributed by atoms with Gasteiger partial charge in [-0.05, 0) is 51.9 Å². The van der Waals surface area contributed by atoms with Crippen LogP contribution in [0.2, 0.25) is 0 Å². The summed E-state index contributed by atoms with van der Waals surface area (Å²) >= 11 is 0. The summed E-state index contributed by atoms with van der Waals surface area (Å²) in [6.45, 7) is 11.0. The van der Waals surface area contributed by atoms with E-state index in [0.717, 1.165) is 23.3 Å². The quantitative estimate of drug-likeness (QED) is 0.821. The maximum Gasteiger partial charge on any atom is 0.138 e. The number of hydrogen-bond acceptors (Lipinski definition) is 3. The van der Waals surface area contributed by atoms with E-state index in [9.17, 15) is 0 Å². The van der Waals surface area contributed by atoms with Crippen LogP contribution in [0.15, 0.2) is 4.52 Å². The molecule has 1 fully saturated rings. The molecule has 20 heavy (non-hydrogen) atoms. The summed E-state index contributed by atoms with van der Waals surface area (Å²) in [5, 5.41) is 7.87. The minimum Gasteiger partial charge on any atom is -0.361 e. The summed E-state index contributed by atoms with van der Waals surface area (Å²) in [6.07, 6.45) is 6.72. The molecule has 3 nitrogen and oxygen atoms in total. The van der Waals surface area contributed by atoms with Gasteiger partial charge >= 0.3 is 0 Å². The van der Waals surface area contributed by atoms with Crippen LogP contribution >= 0.6 is 0 Å². The number of nitrogens with zero attached hydrogens (tertiary/aromatic N) is 1. The van der Waals surface area contributed by atoms with E-state index in [1.807, 2.05) is 13.8 Å². The fourth-order valence-corrected chi connectivity index (χ4v) is 3.71. The Balaban J connectivity index is 1.93. The van der Waals surface area contributed by atoms with Gasteiger partial charge in [0, 0.05) is 17.6 Å². The van der Waals surface area contributed by atoms with Crippen LogP contribution in [0.25, 0.3) is 0 Å². The Morgan fingerprint density at radius 2 is 1.85 bits per heavy atom. The van der Waals surface area contributed by atoms with Gasteiger partial charge in [-0.25, -0.2) is 0 Å². The lowest BCUT2D eigenvalue weighted by atomic mass is 9.89. The maximum atomic E-state index is 5.29. The van der Waals surface area contributed by atoms with Crippen LogP contribution in [0.5, 0.6) is 0 Å². The first-order valence-corrected chi connectivity index (χ1v) is 8.17. The van der Waals surface area contributed by atoms with E-state index in [2.05, 4.69) is 31.2 Å². The van der Waals surface area contributed by atoms with Crippen molar-refractivity contribution in [2.45, 2.75) is 78.8 Å². The predicted molar refractivity (Wildman–Crippen MR) is 82.7 cm³/mol. The smallest absolute Gasteiger partial charge is 0.138 e. The van der Waals surface area contributed by atoms with Gasteiger partial charge < -0.3 is 9.84 Å². The van der Waals surface area contributed by atoms with Gasteiger partial charge in [-0.3, -0.25) is 0 Å². The third kappa shape index (κ3) is 3.63. The van der Waals surface area contributed by atoms with Crippen LogP contribution in [-0.2, 0) is 0 Å². The Morgan fingerprint density at radius 3 is 2.45 bits per heavy atom. The Bertz CT molecular complexity index is 405. The first kappa shape index (κ1) is 15.6. The van der Waals surface area contributed by atoms with Gasteiger partial charge in [0.1, 0.15) is 5.76 Å². The van der Waals surface area contributed by atoms with E-state index in [4.69, 9.17) is 4.52 Å². The van der Waals surface area contributed by atoms with Crippen LogP contribution in [0.1, 0.15) is 75.9 Å². The molecule has 0 bridgehead atoms. The molecule has 1 N–H and O–H groups in total. The second-order valence-corrected chi connectivity index (χ2v) is 6.84. The number of rotatable bonds is 4. The summed E-state index contributed by atoms with van der Waals surface area (Å²) < 4.78 is 5.29. The molecule has 2 rings (SSSR count). The lowest BCUT2D eigenvalue weighted by Crippen LogP contribution is -2.31. The molecule has 3 heteroatoms. The second kappa shape index (κ2) is 6.75. The minimum atomic E-state index is 0.335. The zero-order chi connectivity index (χ0) is 14.7. The Hall–Kier alpha value is -0.830. The zero-order valence-electron chi connectivity index (χ0n) is 13.7. The molecule has 1 aliphatic rings. The maximum absolute atomic E-state index is 5.29. The van der Waals surface area contributed by atoms with E-state index in [1.165, 1.54) is 37.7 Å². The lowest BCUT2D eigenvalue weighted by Gasteiger charge is -2.22. The third-order valence-electron chi connectivity index (χ3n) is 4.96. The molecule has 1 aromatic heterocycles. The number of hydrogen-bond donors (Lipinski definition) is 1. The summed E-state index contributed by atoms with van der Waals surface area (Å²) in [5.74, 6) is 2.70. The lowest BCUT2D eigenvalue weighted by molar-refractivity contribution is 0.334. The highest BCUT2D eigenvalue weighted by molar-refractivity contribution is 5.24. The van der Waals surface area contributed by atoms with Crippen molar-refractivity contribution < 1.29 is 4.52 Å². The Kier molecular flexibility index (Phi) is 5.25. The molecule has 114 valence electrons. The van der Waals surface area contributed by atoms with E-state index >= 15 is 0 Å². The van der Waals surface area contributed by atoms with Crippen molar-refractivity contribution in [2.75, 3.05) is 0 Å². The predicted octanol–water partition coefficient (Wildman–Crippen LogP) is 4.55. The first-order chi connectivity index (χ1) is 9.49. The van der Waals surface area contributed by atoms with Crippen LogP contribution < -0.4 is 5.32 Å². The van der Waals surface area contributed by atoms with Gasteiger partial charge in [-0.1, -0.05) is 31.8 Å². The molecule has 0 aromatic carbocycles. The van der Waals surface area contributed by atoms with Crippen LogP contribution in [0, 0.1) is 25.7 Å². The zero-order valence-corrected chi connectivity index (χ0v) is 13.7. The fraction of sp³-hybridized carbons (Fsp3) is 0.824.